The second kappa shape index (κ2) is 5.64. The first-order chi connectivity index (χ1) is 13.2. The van der Waals surface area contributed by atoms with Crippen molar-refractivity contribution in [1.82, 2.24) is 15.0 Å². The average molecular weight is 383 g/mol. The maximum atomic E-state index is 12.5. The van der Waals surface area contributed by atoms with E-state index in [0.717, 1.165) is 53.5 Å². The van der Waals surface area contributed by atoms with Gasteiger partial charge in [0.2, 0.25) is 5.95 Å². The van der Waals surface area contributed by atoms with E-state index in [4.69, 9.17) is 14.7 Å². The molecule has 7 rings (SSSR count). The maximum absolute atomic E-state index is 12.5. The van der Waals surface area contributed by atoms with Crippen molar-refractivity contribution in [2.75, 3.05) is 29.1 Å². The lowest BCUT2D eigenvalue weighted by Gasteiger charge is -2.62. The molecular formula is C19H21N5O2S. The minimum absolute atomic E-state index is 0.120. The van der Waals surface area contributed by atoms with E-state index in [9.17, 15) is 4.21 Å². The molecule has 1 atom stereocenters. The first-order valence-corrected chi connectivity index (χ1v) is 10.9. The number of hydrogen-bond acceptors (Lipinski definition) is 7. The normalized spacial score (nSPS) is 30.7. The van der Waals surface area contributed by atoms with Gasteiger partial charge in [0.25, 0.3) is 0 Å². The van der Waals surface area contributed by atoms with Gasteiger partial charge < -0.3 is 15.0 Å². The largest absolute Gasteiger partial charge is 0.485 e. The van der Waals surface area contributed by atoms with E-state index in [-0.39, 0.29) is 11.6 Å². The molecule has 5 aliphatic rings. The van der Waals surface area contributed by atoms with Crippen LogP contribution in [0.3, 0.4) is 0 Å². The third-order valence-electron chi connectivity index (χ3n) is 6.17. The van der Waals surface area contributed by atoms with Gasteiger partial charge in [-0.05, 0) is 37.3 Å². The summed E-state index contributed by atoms with van der Waals surface area (Å²) in [6.45, 7) is 1.51. The fraction of sp³-hybridized carbons (Fsp3) is 0.526. The van der Waals surface area contributed by atoms with Gasteiger partial charge in [-0.2, -0.15) is 4.98 Å². The van der Waals surface area contributed by atoms with Crippen molar-refractivity contribution in [3.05, 3.63) is 30.2 Å². The highest BCUT2D eigenvalue weighted by atomic mass is 32.2. The van der Waals surface area contributed by atoms with Crippen molar-refractivity contribution < 1.29 is 8.95 Å². The molecule has 4 fully saturated rings. The third-order valence-corrected chi connectivity index (χ3v) is 7.62. The second-order valence-electron chi connectivity index (χ2n) is 8.16. The number of ether oxygens (including phenoxy) is 1. The van der Waals surface area contributed by atoms with E-state index in [1.807, 2.05) is 12.1 Å². The zero-order valence-electron chi connectivity index (χ0n) is 14.9. The third kappa shape index (κ3) is 2.53. The van der Waals surface area contributed by atoms with Gasteiger partial charge in [-0.15, -0.1) is 0 Å². The van der Waals surface area contributed by atoms with Crippen LogP contribution in [0.5, 0.6) is 5.75 Å². The van der Waals surface area contributed by atoms with Crippen LogP contribution in [0.25, 0.3) is 0 Å². The summed E-state index contributed by atoms with van der Waals surface area (Å²) < 4.78 is 18.4. The summed E-state index contributed by atoms with van der Waals surface area (Å²) in [7, 11) is -0.981. The van der Waals surface area contributed by atoms with Gasteiger partial charge in [-0.3, -0.25) is 9.19 Å². The van der Waals surface area contributed by atoms with Gasteiger partial charge in [0.1, 0.15) is 22.6 Å². The summed E-state index contributed by atoms with van der Waals surface area (Å²) in [5.41, 5.74) is 1.15. The van der Waals surface area contributed by atoms with E-state index in [1.165, 1.54) is 19.3 Å². The van der Waals surface area contributed by atoms with Crippen LogP contribution in [0.2, 0.25) is 0 Å². The van der Waals surface area contributed by atoms with E-state index in [0.29, 0.717) is 5.75 Å². The highest BCUT2D eigenvalue weighted by Gasteiger charge is 2.57. The molecule has 140 valence electrons. The summed E-state index contributed by atoms with van der Waals surface area (Å²) in [6, 6.07) is 3.79. The van der Waals surface area contributed by atoms with E-state index in [1.54, 1.807) is 12.4 Å². The first-order valence-electron chi connectivity index (χ1n) is 9.57. The SMILES string of the molecule is O=[S@]1CCc2nc(N3CC(Oc4cccnc4)C3)nc(NC34CC(C3)C4)c21. The number of anilines is 2. The minimum atomic E-state index is -0.981. The fourth-order valence-corrected chi connectivity index (χ4v) is 5.88. The Labute approximate surface area is 160 Å². The molecule has 0 spiro atoms. The molecule has 1 saturated heterocycles. The summed E-state index contributed by atoms with van der Waals surface area (Å²) >= 11 is 0. The van der Waals surface area contributed by atoms with Crippen LogP contribution in [-0.4, -0.2) is 49.6 Å². The molecule has 3 aliphatic carbocycles. The number of hydrogen-bond donors (Lipinski definition) is 1. The number of pyridine rings is 1. The molecule has 0 radical (unpaired) electrons. The van der Waals surface area contributed by atoms with Gasteiger partial charge in [-0.25, -0.2) is 4.98 Å². The Morgan fingerprint density at radius 1 is 1.26 bits per heavy atom. The fourth-order valence-electron chi connectivity index (χ4n) is 4.58. The molecule has 27 heavy (non-hydrogen) atoms. The summed E-state index contributed by atoms with van der Waals surface area (Å²) in [4.78, 5) is 16.6. The zero-order chi connectivity index (χ0) is 18.0. The van der Waals surface area contributed by atoms with E-state index < -0.39 is 10.8 Å². The number of nitrogens with zero attached hydrogens (tertiary/aromatic N) is 4. The Bertz CT molecular complexity index is 914. The summed E-state index contributed by atoms with van der Waals surface area (Å²) in [6.07, 6.45) is 8.02. The molecule has 8 heteroatoms. The molecule has 0 aromatic carbocycles. The quantitative estimate of drug-likeness (QED) is 0.843. The summed E-state index contributed by atoms with van der Waals surface area (Å²) in [5, 5.41) is 3.64. The topological polar surface area (TPSA) is 80.2 Å². The average Bonchev–Trinajstić information content (AvgIpc) is 2.95. The molecule has 0 amide bonds. The summed E-state index contributed by atoms with van der Waals surface area (Å²) in [5.74, 6) is 3.87. The minimum Gasteiger partial charge on any atom is -0.485 e. The van der Waals surface area contributed by atoms with Crippen molar-refractivity contribution in [2.24, 2.45) is 5.92 Å². The molecule has 4 heterocycles. The van der Waals surface area contributed by atoms with Crippen LogP contribution in [0.4, 0.5) is 11.8 Å². The predicted octanol–water partition coefficient (Wildman–Crippen LogP) is 1.77. The highest BCUT2D eigenvalue weighted by molar-refractivity contribution is 7.85. The van der Waals surface area contributed by atoms with E-state index >= 15 is 0 Å². The first kappa shape index (κ1) is 15.8. The number of aryl methyl sites for hydroxylation is 1. The van der Waals surface area contributed by atoms with Gasteiger partial charge in [0.15, 0.2) is 0 Å². The van der Waals surface area contributed by atoms with Gasteiger partial charge in [0, 0.05) is 23.9 Å². The Morgan fingerprint density at radius 2 is 2.11 bits per heavy atom. The van der Waals surface area contributed by atoms with Crippen molar-refractivity contribution in [2.45, 2.75) is 42.2 Å². The molecule has 3 saturated carbocycles. The molecule has 7 nitrogen and oxygen atoms in total. The molecule has 0 unspecified atom stereocenters. The van der Waals surface area contributed by atoms with Crippen LogP contribution in [0.15, 0.2) is 29.4 Å². The van der Waals surface area contributed by atoms with Gasteiger partial charge >= 0.3 is 0 Å². The number of fused-ring (bicyclic) bond motifs is 1. The highest BCUT2D eigenvalue weighted by Crippen LogP contribution is 2.58. The number of rotatable bonds is 5. The van der Waals surface area contributed by atoms with Gasteiger partial charge in [0.05, 0.1) is 35.8 Å². The monoisotopic (exact) mass is 383 g/mol. The van der Waals surface area contributed by atoms with E-state index in [2.05, 4.69) is 15.2 Å². The van der Waals surface area contributed by atoms with Crippen molar-refractivity contribution >= 4 is 22.6 Å². The second-order valence-corrected chi connectivity index (χ2v) is 9.67. The Balaban J connectivity index is 1.21. The molecule has 2 aromatic heterocycles. The molecule has 2 aliphatic heterocycles. The number of nitrogens with one attached hydrogen (secondary N) is 1. The Morgan fingerprint density at radius 3 is 2.81 bits per heavy atom. The van der Waals surface area contributed by atoms with Crippen LogP contribution >= 0.6 is 0 Å². The van der Waals surface area contributed by atoms with Crippen LogP contribution in [0.1, 0.15) is 25.0 Å². The number of aromatic nitrogens is 3. The predicted molar refractivity (Wildman–Crippen MR) is 102 cm³/mol. The smallest absolute Gasteiger partial charge is 0.227 e. The lowest BCUT2D eigenvalue weighted by atomic mass is 9.50. The lowest BCUT2D eigenvalue weighted by molar-refractivity contribution is 0.00158. The standard InChI is InChI=1S/C19H21N5O2S/c25-27-5-3-15-16(27)17(23-19-6-12(7-19)8-19)22-18(21-15)24-10-14(11-24)26-13-2-1-4-20-9-13/h1-2,4,9,12,14H,3,5-8,10-11H2,(H,21,22,23)/t12?,19?,27-/m0/s1. The lowest BCUT2D eigenvalue weighted by Crippen LogP contribution is -2.63. The molecular weight excluding hydrogens is 362 g/mol. The van der Waals surface area contributed by atoms with Crippen LogP contribution in [-0.2, 0) is 17.2 Å². The Hall–Kier alpha value is -2.22. The van der Waals surface area contributed by atoms with Crippen molar-refractivity contribution in [1.29, 1.82) is 0 Å². The molecule has 2 bridgehead atoms. The Kier molecular flexibility index (Phi) is 3.30. The van der Waals surface area contributed by atoms with Crippen LogP contribution in [0, 0.1) is 5.92 Å². The zero-order valence-corrected chi connectivity index (χ0v) is 15.7. The van der Waals surface area contributed by atoms with Crippen molar-refractivity contribution in [3.8, 4) is 5.75 Å². The molecule has 2 aromatic rings. The van der Waals surface area contributed by atoms with Crippen LogP contribution < -0.4 is 15.0 Å². The molecule has 1 N–H and O–H groups in total. The van der Waals surface area contributed by atoms with Gasteiger partial charge in [-0.1, -0.05) is 0 Å². The van der Waals surface area contributed by atoms with Crippen molar-refractivity contribution in [3.63, 3.8) is 0 Å². The maximum Gasteiger partial charge on any atom is 0.227 e.